The first-order chi connectivity index (χ1) is 9.35. The Kier molecular flexibility index (Phi) is 5.62. The Morgan fingerprint density at radius 1 is 1.45 bits per heavy atom. The molecular formula is C12H13Cl2N5O. The highest BCUT2D eigenvalue weighted by Gasteiger charge is 2.10. The molecule has 0 fully saturated rings. The Balaban J connectivity index is 3.07. The van der Waals surface area contributed by atoms with Gasteiger partial charge in [-0.1, -0.05) is 23.2 Å². The van der Waals surface area contributed by atoms with Gasteiger partial charge in [0.25, 0.3) is 0 Å². The standard InChI is InChI=1S/C12H13Cl2N5O/c1-6(2)20-11-4-9(7(13)3-8(11)14)18-19-10(5-15)12(16)17/h3-4,6,18H,1-2H3,(H3,16,17)/b19-10+. The van der Waals surface area contributed by atoms with Crippen molar-refractivity contribution in [2.45, 2.75) is 20.0 Å². The van der Waals surface area contributed by atoms with Gasteiger partial charge < -0.3 is 10.5 Å². The van der Waals surface area contributed by atoms with Gasteiger partial charge in [0.2, 0.25) is 5.71 Å². The molecule has 4 N–H and O–H groups in total. The number of nitrogens with zero attached hydrogens (tertiary/aromatic N) is 2. The third-order valence-electron chi connectivity index (χ3n) is 2.03. The maximum atomic E-state index is 8.74. The van der Waals surface area contributed by atoms with Crippen molar-refractivity contribution < 1.29 is 4.74 Å². The Morgan fingerprint density at radius 2 is 2.10 bits per heavy atom. The number of nitrogens with one attached hydrogen (secondary N) is 2. The summed E-state index contributed by atoms with van der Waals surface area (Å²) in [6.07, 6.45) is -0.0584. The van der Waals surface area contributed by atoms with E-state index >= 15 is 0 Å². The van der Waals surface area contributed by atoms with Crippen molar-refractivity contribution >= 4 is 40.4 Å². The molecule has 20 heavy (non-hydrogen) atoms. The number of benzene rings is 1. The Bertz CT molecular complexity index is 592. The monoisotopic (exact) mass is 313 g/mol. The third kappa shape index (κ3) is 4.30. The Labute approximate surface area is 126 Å². The zero-order valence-electron chi connectivity index (χ0n) is 10.9. The average Bonchev–Trinajstić information content (AvgIpc) is 2.34. The second-order valence-corrected chi connectivity index (χ2v) is 4.84. The van der Waals surface area contributed by atoms with Crippen LogP contribution in [0.5, 0.6) is 5.75 Å². The molecule has 1 aromatic carbocycles. The highest BCUT2D eigenvalue weighted by Crippen LogP contribution is 2.34. The molecule has 0 heterocycles. The highest BCUT2D eigenvalue weighted by molar-refractivity contribution is 6.46. The summed E-state index contributed by atoms with van der Waals surface area (Å²) in [6.45, 7) is 3.72. The molecule has 0 aliphatic heterocycles. The maximum Gasteiger partial charge on any atom is 0.201 e. The molecule has 8 heteroatoms. The minimum Gasteiger partial charge on any atom is -0.489 e. The fourth-order valence-electron chi connectivity index (χ4n) is 1.22. The van der Waals surface area contributed by atoms with E-state index in [9.17, 15) is 0 Å². The van der Waals surface area contributed by atoms with Crippen LogP contribution in [0.25, 0.3) is 0 Å². The van der Waals surface area contributed by atoms with Crippen LogP contribution < -0.4 is 15.9 Å². The summed E-state index contributed by atoms with van der Waals surface area (Å²) < 4.78 is 5.51. The fourth-order valence-corrected chi connectivity index (χ4v) is 1.69. The number of nitriles is 1. The first kappa shape index (κ1) is 16.1. The van der Waals surface area contributed by atoms with Crippen LogP contribution in [0.2, 0.25) is 10.0 Å². The molecule has 0 radical (unpaired) electrons. The van der Waals surface area contributed by atoms with Gasteiger partial charge in [-0.05, 0) is 19.9 Å². The third-order valence-corrected chi connectivity index (χ3v) is 2.64. The summed E-state index contributed by atoms with van der Waals surface area (Å²) >= 11 is 12.0. The van der Waals surface area contributed by atoms with Crippen molar-refractivity contribution in [3.63, 3.8) is 0 Å². The highest BCUT2D eigenvalue weighted by atomic mass is 35.5. The van der Waals surface area contributed by atoms with Crippen molar-refractivity contribution in [2.24, 2.45) is 10.8 Å². The first-order valence-corrected chi connectivity index (χ1v) is 6.34. The number of nitrogens with two attached hydrogens (primary N) is 1. The van der Waals surface area contributed by atoms with Crippen molar-refractivity contribution in [3.8, 4) is 11.8 Å². The summed E-state index contributed by atoms with van der Waals surface area (Å²) in [4.78, 5) is 0. The summed E-state index contributed by atoms with van der Waals surface area (Å²) in [7, 11) is 0. The molecule has 6 nitrogen and oxygen atoms in total. The lowest BCUT2D eigenvalue weighted by Gasteiger charge is -2.13. The lowest BCUT2D eigenvalue weighted by molar-refractivity contribution is 0.242. The van der Waals surface area contributed by atoms with Crippen LogP contribution in [0.3, 0.4) is 0 Å². The van der Waals surface area contributed by atoms with Gasteiger partial charge in [0, 0.05) is 6.07 Å². The minimum atomic E-state index is -0.441. The number of ether oxygens (including phenoxy) is 1. The van der Waals surface area contributed by atoms with Gasteiger partial charge >= 0.3 is 0 Å². The zero-order chi connectivity index (χ0) is 15.3. The molecule has 0 aliphatic carbocycles. The minimum absolute atomic E-state index is 0.0584. The van der Waals surface area contributed by atoms with Crippen molar-refractivity contribution in [1.29, 1.82) is 10.7 Å². The number of anilines is 1. The molecule has 0 bridgehead atoms. The van der Waals surface area contributed by atoms with E-state index in [1.165, 1.54) is 6.07 Å². The molecule has 0 aromatic heterocycles. The summed E-state index contributed by atoms with van der Waals surface area (Å²) in [5.74, 6) is -0.00570. The molecule has 106 valence electrons. The van der Waals surface area contributed by atoms with E-state index in [0.717, 1.165) is 0 Å². The fraction of sp³-hybridized carbons (Fsp3) is 0.250. The van der Waals surface area contributed by atoms with Crippen molar-refractivity contribution in [2.75, 3.05) is 5.43 Å². The lowest BCUT2D eigenvalue weighted by Crippen LogP contribution is -2.21. The van der Waals surface area contributed by atoms with Crippen LogP contribution in [-0.2, 0) is 0 Å². The number of rotatable bonds is 5. The normalized spacial score (nSPS) is 11.1. The smallest absolute Gasteiger partial charge is 0.201 e. The second-order valence-electron chi connectivity index (χ2n) is 4.03. The van der Waals surface area contributed by atoms with E-state index in [2.05, 4.69) is 10.5 Å². The number of hydrogen-bond donors (Lipinski definition) is 3. The largest absolute Gasteiger partial charge is 0.489 e. The van der Waals surface area contributed by atoms with Crippen molar-refractivity contribution in [3.05, 3.63) is 22.2 Å². The predicted molar refractivity (Wildman–Crippen MR) is 80.8 cm³/mol. The van der Waals surface area contributed by atoms with E-state index in [1.54, 1.807) is 12.1 Å². The molecule has 1 rings (SSSR count). The van der Waals surface area contributed by atoms with Crippen molar-refractivity contribution in [1.82, 2.24) is 0 Å². The average molecular weight is 314 g/mol. The Morgan fingerprint density at radius 3 is 2.60 bits per heavy atom. The van der Waals surface area contributed by atoms with Crippen LogP contribution in [-0.4, -0.2) is 17.7 Å². The number of amidine groups is 1. The molecule has 0 unspecified atom stereocenters. The van der Waals surface area contributed by atoms with E-state index in [4.69, 9.17) is 44.3 Å². The number of hydrogen-bond acceptors (Lipinski definition) is 5. The number of halogens is 2. The van der Waals surface area contributed by atoms with Crippen LogP contribution in [0.4, 0.5) is 5.69 Å². The van der Waals surface area contributed by atoms with Crippen LogP contribution in [0, 0.1) is 16.7 Å². The Hall–Kier alpha value is -1.97. The van der Waals surface area contributed by atoms with Gasteiger partial charge in [-0.3, -0.25) is 10.8 Å². The molecule has 1 aromatic rings. The topological polar surface area (TPSA) is 107 Å². The van der Waals surface area contributed by atoms with Gasteiger partial charge in [0.15, 0.2) is 5.84 Å². The molecular weight excluding hydrogens is 301 g/mol. The van der Waals surface area contributed by atoms with E-state index in [1.807, 2.05) is 13.8 Å². The van der Waals surface area contributed by atoms with Gasteiger partial charge in [0.1, 0.15) is 11.8 Å². The molecule has 0 saturated carbocycles. The van der Waals surface area contributed by atoms with Gasteiger partial charge in [0.05, 0.1) is 21.8 Å². The second kappa shape index (κ2) is 6.98. The van der Waals surface area contributed by atoms with Crippen LogP contribution >= 0.6 is 23.2 Å². The summed E-state index contributed by atoms with van der Waals surface area (Å²) in [5.41, 5.74) is 7.88. The van der Waals surface area contributed by atoms with Gasteiger partial charge in [-0.25, -0.2) is 0 Å². The summed E-state index contributed by atoms with van der Waals surface area (Å²) in [6, 6.07) is 4.74. The van der Waals surface area contributed by atoms with Crippen LogP contribution in [0.1, 0.15) is 13.8 Å². The van der Waals surface area contributed by atoms with E-state index in [0.29, 0.717) is 21.5 Å². The van der Waals surface area contributed by atoms with E-state index < -0.39 is 5.84 Å². The lowest BCUT2D eigenvalue weighted by atomic mass is 10.3. The molecule has 0 saturated heterocycles. The number of hydrazone groups is 1. The summed E-state index contributed by atoms with van der Waals surface area (Å²) in [5, 5.41) is 20.2. The quantitative estimate of drug-likeness (QED) is 0.441. The molecule has 0 aliphatic rings. The van der Waals surface area contributed by atoms with Gasteiger partial charge in [-0.2, -0.15) is 10.4 Å². The SMILES string of the molecule is CC(C)Oc1cc(N/N=C(\C#N)C(=N)N)c(Cl)cc1Cl. The zero-order valence-corrected chi connectivity index (χ0v) is 12.4. The molecule has 0 atom stereocenters. The first-order valence-electron chi connectivity index (χ1n) is 5.59. The predicted octanol–water partition coefficient (Wildman–Crippen LogP) is 3.01. The van der Waals surface area contributed by atoms with E-state index in [-0.39, 0.29) is 11.8 Å². The molecule has 0 amide bonds. The van der Waals surface area contributed by atoms with Crippen LogP contribution in [0.15, 0.2) is 17.2 Å². The maximum absolute atomic E-state index is 8.74. The van der Waals surface area contributed by atoms with Gasteiger partial charge in [-0.15, -0.1) is 0 Å². The molecule has 0 spiro atoms.